The first-order valence-electron chi connectivity index (χ1n) is 13.7. The highest BCUT2D eigenvalue weighted by Gasteiger charge is 2.54. The van der Waals surface area contributed by atoms with Crippen LogP contribution in [0.1, 0.15) is 20.3 Å². The molecule has 16 atom stereocenters. The van der Waals surface area contributed by atoms with Gasteiger partial charge in [0, 0.05) is 12.1 Å². The Labute approximate surface area is 243 Å². The summed E-state index contributed by atoms with van der Waals surface area (Å²) in [5, 5.41) is 63.3. The van der Waals surface area contributed by atoms with Gasteiger partial charge in [-0.25, -0.2) is 13.1 Å². The molecule has 0 bridgehead atoms. The van der Waals surface area contributed by atoms with Gasteiger partial charge in [-0.15, -0.1) is 0 Å². The molecule has 3 aliphatic rings. The molecule has 240 valence electrons. The lowest BCUT2D eigenvalue weighted by Gasteiger charge is -2.48. The smallest absolute Gasteiger partial charge is 0.240 e. The van der Waals surface area contributed by atoms with Gasteiger partial charge in [0.05, 0.1) is 29.2 Å². The second-order valence-electron chi connectivity index (χ2n) is 11.2. The molecule has 2 heterocycles. The van der Waals surface area contributed by atoms with Gasteiger partial charge in [0.15, 0.2) is 12.6 Å². The molecule has 1 saturated carbocycles. The molecule has 1 aliphatic carbocycles. The lowest BCUT2D eigenvalue weighted by molar-refractivity contribution is -0.315. The first-order chi connectivity index (χ1) is 19.6. The van der Waals surface area contributed by atoms with Crippen LogP contribution in [0.3, 0.4) is 0 Å². The van der Waals surface area contributed by atoms with Crippen molar-refractivity contribution in [1.82, 2.24) is 4.72 Å². The first kappa shape index (κ1) is 33.5. The van der Waals surface area contributed by atoms with Crippen LogP contribution >= 0.6 is 0 Å². The van der Waals surface area contributed by atoms with Crippen LogP contribution in [0.25, 0.3) is 0 Å². The summed E-state index contributed by atoms with van der Waals surface area (Å²) in [5.74, 6) is 0. The quantitative estimate of drug-likeness (QED) is 0.124. The largest absolute Gasteiger partial charge is 0.391 e. The monoisotopic (exact) mass is 622 g/mol. The van der Waals surface area contributed by atoms with Gasteiger partial charge in [-0.1, -0.05) is 18.2 Å². The van der Waals surface area contributed by atoms with Crippen molar-refractivity contribution in [3.05, 3.63) is 30.3 Å². The summed E-state index contributed by atoms with van der Waals surface area (Å²) < 4.78 is 51.8. The fraction of sp³-hybridized carbons (Fsp3) is 0.760. The summed E-state index contributed by atoms with van der Waals surface area (Å²) in [7, 11) is -4.12. The Morgan fingerprint density at radius 2 is 1.43 bits per heavy atom. The number of hydrogen-bond acceptors (Lipinski definition) is 15. The van der Waals surface area contributed by atoms with Crippen molar-refractivity contribution < 1.29 is 58.0 Å². The standard InChI is InChI=1S/C25H42N4O12S/c1-9(26)20-18(34)19(35)25(38-20)41-23-15(31)13(29-42(36,37)11-6-4-3-5-7-11)8-12(27)22(23)40-24-14(28)16(32)17(33)21(39-24)10(2)30/h3-7,9-10,12-25,29-35H,8,26-28H2,1-2H3/t9-,10+,12?,13+,14?,15?,16?,17-,18?,19?,20+,21?,22+,23?,24+,25-/m0/s1. The minimum Gasteiger partial charge on any atom is -0.391 e. The van der Waals surface area contributed by atoms with Crippen molar-refractivity contribution in [1.29, 1.82) is 0 Å². The molecule has 2 saturated heterocycles. The molecule has 17 heteroatoms. The average molecular weight is 623 g/mol. The van der Waals surface area contributed by atoms with E-state index in [1.807, 2.05) is 0 Å². The molecule has 0 spiro atoms. The third-order valence-corrected chi connectivity index (χ3v) is 9.41. The van der Waals surface area contributed by atoms with Crippen molar-refractivity contribution >= 4 is 10.0 Å². The molecule has 16 nitrogen and oxygen atoms in total. The highest BCUT2D eigenvalue weighted by atomic mass is 32.2. The maximum Gasteiger partial charge on any atom is 0.240 e. The summed E-state index contributed by atoms with van der Waals surface area (Å²) in [4.78, 5) is -0.0580. The Bertz CT molecular complexity index is 1130. The van der Waals surface area contributed by atoms with Crippen LogP contribution in [0.5, 0.6) is 0 Å². The van der Waals surface area contributed by atoms with E-state index in [2.05, 4.69) is 4.72 Å². The summed E-state index contributed by atoms with van der Waals surface area (Å²) in [6, 6.07) is 3.15. The van der Waals surface area contributed by atoms with E-state index in [-0.39, 0.29) is 11.3 Å². The van der Waals surface area contributed by atoms with Crippen molar-refractivity contribution in [2.24, 2.45) is 17.2 Å². The molecule has 42 heavy (non-hydrogen) atoms. The van der Waals surface area contributed by atoms with Crippen LogP contribution < -0.4 is 21.9 Å². The number of ether oxygens (including phenoxy) is 4. The SMILES string of the molecule is C[C@H](N)[C@H]1O[C@@H](OC2C(O)[C@H](NS(=O)(=O)c3ccccc3)CC(N)[C@H]2O[C@H]2OC([C@@H](C)O)[C@@H](O)C(O)C2N)C(O)C1O. The van der Waals surface area contributed by atoms with Crippen LogP contribution in [0, 0.1) is 0 Å². The second kappa shape index (κ2) is 13.3. The van der Waals surface area contributed by atoms with E-state index >= 15 is 0 Å². The normalized spacial score (nSPS) is 44.5. The predicted octanol–water partition coefficient (Wildman–Crippen LogP) is -4.86. The van der Waals surface area contributed by atoms with E-state index in [0.29, 0.717) is 0 Å². The molecular weight excluding hydrogens is 580 g/mol. The molecule has 0 radical (unpaired) electrons. The number of nitrogens with two attached hydrogens (primary N) is 3. The zero-order valence-electron chi connectivity index (χ0n) is 23.1. The minimum atomic E-state index is -4.12. The average Bonchev–Trinajstić information content (AvgIpc) is 3.22. The topological polar surface area (TPSA) is 283 Å². The van der Waals surface area contributed by atoms with Crippen molar-refractivity contribution in [3.63, 3.8) is 0 Å². The second-order valence-corrected chi connectivity index (χ2v) is 12.9. The van der Waals surface area contributed by atoms with Gasteiger partial charge >= 0.3 is 0 Å². The summed E-state index contributed by atoms with van der Waals surface area (Å²) >= 11 is 0. The van der Waals surface area contributed by atoms with E-state index < -0.39 is 108 Å². The third kappa shape index (κ3) is 6.80. The van der Waals surface area contributed by atoms with Crippen molar-refractivity contribution in [2.45, 2.75) is 123 Å². The maximum absolute atomic E-state index is 13.1. The van der Waals surface area contributed by atoms with Crippen LogP contribution in [0.4, 0.5) is 0 Å². The number of aliphatic hydroxyl groups is 6. The molecule has 3 fully saturated rings. The maximum atomic E-state index is 13.1. The van der Waals surface area contributed by atoms with Crippen LogP contribution in [-0.2, 0) is 29.0 Å². The molecule has 0 aromatic heterocycles. The van der Waals surface area contributed by atoms with E-state index in [4.69, 9.17) is 36.1 Å². The van der Waals surface area contributed by atoms with E-state index in [1.165, 1.54) is 31.2 Å². The first-order valence-corrected chi connectivity index (χ1v) is 15.2. The predicted molar refractivity (Wildman–Crippen MR) is 144 cm³/mol. The summed E-state index contributed by atoms with van der Waals surface area (Å²) in [5.41, 5.74) is 18.3. The Kier molecular flexibility index (Phi) is 10.6. The summed E-state index contributed by atoms with van der Waals surface area (Å²) in [6.45, 7) is 2.88. The molecule has 1 aromatic carbocycles. The molecule has 13 N–H and O–H groups in total. The van der Waals surface area contributed by atoms with E-state index in [0.717, 1.165) is 0 Å². The minimum absolute atomic E-state index is 0.0580. The number of aliphatic hydroxyl groups excluding tert-OH is 6. The van der Waals surface area contributed by atoms with Crippen molar-refractivity contribution in [2.75, 3.05) is 0 Å². The Hall–Kier alpha value is -1.39. The molecule has 4 rings (SSSR count). The molecule has 1 aromatic rings. The van der Waals surface area contributed by atoms with E-state index in [9.17, 15) is 39.1 Å². The molecule has 2 aliphatic heterocycles. The van der Waals surface area contributed by atoms with Crippen LogP contribution in [0.2, 0.25) is 0 Å². The Morgan fingerprint density at radius 3 is 2.00 bits per heavy atom. The van der Waals surface area contributed by atoms with Gasteiger partial charge in [-0.05, 0) is 32.4 Å². The number of benzene rings is 1. The van der Waals surface area contributed by atoms with Gasteiger partial charge in [-0.3, -0.25) is 0 Å². The zero-order chi connectivity index (χ0) is 31.1. The Morgan fingerprint density at radius 1 is 0.857 bits per heavy atom. The number of nitrogens with one attached hydrogen (secondary N) is 1. The zero-order valence-corrected chi connectivity index (χ0v) is 23.9. The van der Waals surface area contributed by atoms with Gasteiger partial charge in [-0.2, -0.15) is 0 Å². The molecule has 8 unspecified atom stereocenters. The van der Waals surface area contributed by atoms with Crippen LogP contribution in [0.15, 0.2) is 35.2 Å². The highest BCUT2D eigenvalue weighted by molar-refractivity contribution is 7.89. The number of hydrogen-bond donors (Lipinski definition) is 10. The molecule has 0 amide bonds. The Balaban J connectivity index is 1.62. The van der Waals surface area contributed by atoms with E-state index in [1.54, 1.807) is 13.0 Å². The van der Waals surface area contributed by atoms with Gasteiger partial charge in [0.1, 0.15) is 48.8 Å². The number of sulfonamides is 1. The van der Waals surface area contributed by atoms with Gasteiger partial charge < -0.3 is 66.8 Å². The fourth-order valence-corrected chi connectivity index (χ4v) is 6.80. The highest BCUT2D eigenvalue weighted by Crippen LogP contribution is 2.33. The van der Waals surface area contributed by atoms with Crippen molar-refractivity contribution in [3.8, 4) is 0 Å². The third-order valence-electron chi connectivity index (χ3n) is 7.90. The van der Waals surface area contributed by atoms with Gasteiger partial charge in [0.2, 0.25) is 10.0 Å². The lowest BCUT2D eigenvalue weighted by atomic mass is 9.84. The lowest BCUT2D eigenvalue weighted by Crippen LogP contribution is -2.69. The number of rotatable bonds is 9. The molecular formula is C25H42N4O12S. The van der Waals surface area contributed by atoms with Crippen LogP contribution in [-0.4, -0.2) is 137 Å². The summed E-state index contributed by atoms with van der Waals surface area (Å²) in [6.07, 6.45) is -17.3. The fourth-order valence-electron chi connectivity index (χ4n) is 5.51. The van der Waals surface area contributed by atoms with Gasteiger partial charge in [0.25, 0.3) is 0 Å².